The van der Waals surface area contributed by atoms with Gasteiger partial charge >= 0.3 is 0 Å². The van der Waals surface area contributed by atoms with E-state index < -0.39 is 0 Å². The van der Waals surface area contributed by atoms with Crippen LogP contribution in [0.1, 0.15) is 29.5 Å². The first kappa shape index (κ1) is 23.4. The van der Waals surface area contributed by atoms with Crippen molar-refractivity contribution in [2.45, 2.75) is 33.2 Å². The smallest absolute Gasteiger partial charge is 0.226 e. The van der Waals surface area contributed by atoms with Gasteiger partial charge in [0.25, 0.3) is 0 Å². The Morgan fingerprint density at radius 3 is 2.46 bits per heavy atom. The number of ether oxygens (including phenoxy) is 1. The Morgan fingerprint density at radius 1 is 0.914 bits per heavy atom. The first-order valence-corrected chi connectivity index (χ1v) is 12.6. The minimum absolute atomic E-state index is 0.579. The molecule has 4 nitrogen and oxygen atoms in total. The van der Waals surface area contributed by atoms with Crippen LogP contribution in [-0.2, 0) is 19.4 Å². The molecule has 1 saturated heterocycles. The molecule has 0 bridgehead atoms. The van der Waals surface area contributed by atoms with Gasteiger partial charge in [0.05, 0.1) is 12.3 Å². The molecule has 4 aromatic rings. The zero-order valence-electron chi connectivity index (χ0n) is 20.7. The number of oxazole rings is 1. The van der Waals surface area contributed by atoms with Gasteiger partial charge in [0.15, 0.2) is 0 Å². The Labute approximate surface area is 208 Å². The van der Waals surface area contributed by atoms with Gasteiger partial charge in [0.2, 0.25) is 5.89 Å². The summed E-state index contributed by atoms with van der Waals surface area (Å²) in [6, 6.07) is 29.4. The molecule has 0 radical (unpaired) electrons. The number of aromatic nitrogens is 1. The van der Waals surface area contributed by atoms with Crippen LogP contribution in [0.15, 0.2) is 89.3 Å². The third-order valence-corrected chi connectivity index (χ3v) is 7.01. The van der Waals surface area contributed by atoms with Crippen LogP contribution in [0.3, 0.4) is 0 Å². The van der Waals surface area contributed by atoms with Gasteiger partial charge < -0.3 is 9.15 Å². The van der Waals surface area contributed by atoms with Crippen LogP contribution in [-0.4, -0.2) is 29.6 Å². The maximum Gasteiger partial charge on any atom is 0.226 e. The Hall–Kier alpha value is -3.37. The van der Waals surface area contributed by atoms with Crippen LogP contribution < -0.4 is 4.74 Å². The molecule has 0 amide bonds. The van der Waals surface area contributed by atoms with Crippen molar-refractivity contribution in [1.82, 2.24) is 9.88 Å². The van der Waals surface area contributed by atoms with Gasteiger partial charge in [0, 0.05) is 31.6 Å². The fraction of sp³-hybridized carbons (Fsp3) is 0.323. The quantitative estimate of drug-likeness (QED) is 0.279. The topological polar surface area (TPSA) is 38.5 Å². The highest BCUT2D eigenvalue weighted by molar-refractivity contribution is 5.53. The van der Waals surface area contributed by atoms with Crippen LogP contribution in [0.5, 0.6) is 5.75 Å². The van der Waals surface area contributed by atoms with Gasteiger partial charge in [-0.15, -0.1) is 0 Å². The SMILES string of the molecule is Cc1oc(-c2ccccc2)nc1CCOc1cccc(C[C@H]2CN(Cc3ccccc3)C[C@@H]2C)c1. The fourth-order valence-electron chi connectivity index (χ4n) is 5.07. The van der Waals surface area contributed by atoms with E-state index >= 15 is 0 Å². The van der Waals surface area contributed by atoms with Gasteiger partial charge in [-0.25, -0.2) is 4.98 Å². The van der Waals surface area contributed by atoms with E-state index in [1.54, 1.807) is 0 Å². The molecule has 3 aromatic carbocycles. The normalized spacial score (nSPS) is 18.1. The number of hydrogen-bond acceptors (Lipinski definition) is 4. The first-order valence-electron chi connectivity index (χ1n) is 12.6. The number of likely N-dealkylation sites (tertiary alicyclic amines) is 1. The van der Waals surface area contributed by atoms with Crippen molar-refractivity contribution >= 4 is 0 Å². The van der Waals surface area contributed by atoms with E-state index in [2.05, 4.69) is 60.4 Å². The number of benzene rings is 3. The van der Waals surface area contributed by atoms with E-state index in [0.717, 1.165) is 55.2 Å². The van der Waals surface area contributed by atoms with Gasteiger partial charge in [-0.05, 0) is 60.6 Å². The minimum Gasteiger partial charge on any atom is -0.493 e. The summed E-state index contributed by atoms with van der Waals surface area (Å²) in [7, 11) is 0. The van der Waals surface area contributed by atoms with Crippen molar-refractivity contribution in [3.8, 4) is 17.2 Å². The Bertz CT molecular complexity index is 1220. The predicted octanol–water partition coefficient (Wildman–Crippen LogP) is 6.58. The van der Waals surface area contributed by atoms with E-state index in [0.29, 0.717) is 24.3 Å². The lowest BCUT2D eigenvalue weighted by molar-refractivity contribution is 0.313. The summed E-state index contributed by atoms with van der Waals surface area (Å²) in [4.78, 5) is 7.28. The van der Waals surface area contributed by atoms with Crippen molar-refractivity contribution in [3.05, 3.63) is 108 Å². The largest absolute Gasteiger partial charge is 0.493 e. The fourth-order valence-corrected chi connectivity index (χ4v) is 5.07. The maximum atomic E-state index is 6.12. The Balaban J connectivity index is 1.14. The maximum absolute atomic E-state index is 6.12. The molecule has 2 heterocycles. The van der Waals surface area contributed by atoms with Gasteiger partial charge in [0.1, 0.15) is 11.5 Å². The van der Waals surface area contributed by atoms with Crippen LogP contribution in [0, 0.1) is 18.8 Å². The highest BCUT2D eigenvalue weighted by Crippen LogP contribution is 2.29. The molecule has 2 atom stereocenters. The van der Waals surface area contributed by atoms with Crippen molar-refractivity contribution < 1.29 is 9.15 Å². The minimum atomic E-state index is 0.579. The Kier molecular flexibility index (Phi) is 7.29. The molecule has 0 N–H and O–H groups in total. The summed E-state index contributed by atoms with van der Waals surface area (Å²) in [5.74, 6) is 3.82. The summed E-state index contributed by atoms with van der Waals surface area (Å²) >= 11 is 0. The third kappa shape index (κ3) is 6.01. The molecular weight excluding hydrogens is 432 g/mol. The van der Waals surface area contributed by atoms with E-state index in [9.17, 15) is 0 Å². The number of hydrogen-bond donors (Lipinski definition) is 0. The molecule has 1 fully saturated rings. The lowest BCUT2D eigenvalue weighted by Crippen LogP contribution is -2.20. The molecule has 0 spiro atoms. The molecular formula is C31H34N2O2. The first-order chi connectivity index (χ1) is 17.1. The van der Waals surface area contributed by atoms with Gasteiger partial charge in [-0.2, -0.15) is 0 Å². The van der Waals surface area contributed by atoms with Crippen LogP contribution in [0.25, 0.3) is 11.5 Å². The molecule has 1 aromatic heterocycles. The summed E-state index contributed by atoms with van der Waals surface area (Å²) in [5, 5.41) is 0. The average Bonchev–Trinajstić information content (AvgIpc) is 3.42. The number of nitrogens with zero attached hydrogens (tertiary/aromatic N) is 2. The lowest BCUT2D eigenvalue weighted by atomic mass is 9.91. The van der Waals surface area contributed by atoms with E-state index in [1.807, 2.05) is 43.3 Å². The molecule has 0 saturated carbocycles. The number of aryl methyl sites for hydroxylation is 1. The summed E-state index contributed by atoms with van der Waals surface area (Å²) in [6.07, 6.45) is 1.81. The van der Waals surface area contributed by atoms with Crippen molar-refractivity contribution in [1.29, 1.82) is 0 Å². The second-order valence-electron chi connectivity index (χ2n) is 9.75. The summed E-state index contributed by atoms with van der Waals surface area (Å²) in [6.45, 7) is 8.29. The molecule has 1 aliphatic heterocycles. The summed E-state index contributed by atoms with van der Waals surface area (Å²) in [5.41, 5.74) is 4.70. The molecule has 0 aliphatic carbocycles. The van der Waals surface area contributed by atoms with Crippen molar-refractivity contribution in [2.24, 2.45) is 11.8 Å². The second-order valence-corrected chi connectivity index (χ2v) is 9.75. The molecule has 180 valence electrons. The zero-order chi connectivity index (χ0) is 24.0. The highest BCUT2D eigenvalue weighted by atomic mass is 16.5. The van der Waals surface area contributed by atoms with Crippen LogP contribution in [0.2, 0.25) is 0 Å². The van der Waals surface area contributed by atoms with E-state index in [-0.39, 0.29) is 0 Å². The molecule has 0 unspecified atom stereocenters. The highest BCUT2D eigenvalue weighted by Gasteiger charge is 2.29. The van der Waals surface area contributed by atoms with E-state index in [4.69, 9.17) is 14.1 Å². The van der Waals surface area contributed by atoms with Crippen molar-refractivity contribution in [2.75, 3.05) is 19.7 Å². The Morgan fingerprint density at radius 2 is 1.66 bits per heavy atom. The molecule has 1 aliphatic rings. The molecule has 35 heavy (non-hydrogen) atoms. The lowest BCUT2D eigenvalue weighted by Gasteiger charge is -2.16. The molecule has 4 heteroatoms. The van der Waals surface area contributed by atoms with Crippen LogP contribution in [0.4, 0.5) is 0 Å². The monoisotopic (exact) mass is 466 g/mol. The van der Waals surface area contributed by atoms with E-state index in [1.165, 1.54) is 11.1 Å². The zero-order valence-corrected chi connectivity index (χ0v) is 20.7. The second kappa shape index (κ2) is 10.9. The number of rotatable bonds is 9. The summed E-state index contributed by atoms with van der Waals surface area (Å²) < 4.78 is 12.0. The average molecular weight is 467 g/mol. The molecule has 5 rings (SSSR count). The predicted molar refractivity (Wildman–Crippen MR) is 140 cm³/mol. The van der Waals surface area contributed by atoms with Gasteiger partial charge in [-0.3, -0.25) is 4.90 Å². The third-order valence-electron chi connectivity index (χ3n) is 7.01. The van der Waals surface area contributed by atoms with Crippen LogP contribution >= 0.6 is 0 Å². The van der Waals surface area contributed by atoms with Crippen molar-refractivity contribution in [3.63, 3.8) is 0 Å². The standard InChI is InChI=1S/C31H34N2O2/c1-23-20-33(21-25-10-5-3-6-11-25)22-28(23)18-26-12-9-15-29(19-26)34-17-16-30-24(2)35-31(32-30)27-13-7-4-8-14-27/h3-15,19,23,28H,16-18,20-22H2,1-2H3/t23-,28-/m0/s1. The van der Waals surface area contributed by atoms with Gasteiger partial charge in [-0.1, -0.05) is 67.6 Å².